The Morgan fingerprint density at radius 3 is 2.54 bits per heavy atom. The first-order valence-corrected chi connectivity index (χ1v) is 9.86. The van der Waals surface area contributed by atoms with Gasteiger partial charge in [-0.05, 0) is 50.9 Å². The molecule has 0 N–H and O–H groups in total. The Kier molecular flexibility index (Phi) is 4.75. The van der Waals surface area contributed by atoms with E-state index < -0.39 is 0 Å². The lowest BCUT2D eigenvalue weighted by atomic mass is 9.79. The molecule has 24 heavy (non-hydrogen) atoms. The molecule has 0 aromatic rings. The molecule has 0 aromatic heterocycles. The second-order valence-electron chi connectivity index (χ2n) is 8.03. The number of rotatable bonds is 4. The second kappa shape index (κ2) is 6.99. The monoisotopic (exact) mass is 330 g/mol. The van der Waals surface area contributed by atoms with Gasteiger partial charge in [0.15, 0.2) is 0 Å². The summed E-state index contributed by atoms with van der Waals surface area (Å²) >= 11 is 0. The number of methoxy groups -OCH3 is 1. The van der Waals surface area contributed by atoms with Crippen molar-refractivity contribution >= 4 is 12.1 Å². The van der Waals surface area contributed by atoms with E-state index in [0.717, 1.165) is 44.2 Å². The molecule has 0 bridgehead atoms. The second-order valence-corrected chi connectivity index (χ2v) is 8.03. The Morgan fingerprint density at radius 2 is 1.83 bits per heavy atom. The molecular weight excluding hydrogens is 300 g/mol. The van der Waals surface area contributed by atoms with E-state index in [9.17, 15) is 4.79 Å². The Bertz CT molecular complexity index is 540. The van der Waals surface area contributed by atoms with Crippen LogP contribution in [-0.4, -0.2) is 48.9 Å². The van der Waals surface area contributed by atoms with E-state index >= 15 is 0 Å². The average molecular weight is 330 g/mol. The summed E-state index contributed by atoms with van der Waals surface area (Å²) in [5, 5.41) is 0. The summed E-state index contributed by atoms with van der Waals surface area (Å²) in [6.07, 6.45) is 14.4. The van der Waals surface area contributed by atoms with Crippen LogP contribution in [0, 0.1) is 5.92 Å². The van der Waals surface area contributed by atoms with E-state index in [1.165, 1.54) is 37.7 Å². The Morgan fingerprint density at radius 1 is 1.08 bits per heavy atom. The van der Waals surface area contributed by atoms with Gasteiger partial charge in [-0.1, -0.05) is 24.8 Å². The highest BCUT2D eigenvalue weighted by Crippen LogP contribution is 2.41. The van der Waals surface area contributed by atoms with Gasteiger partial charge in [0.25, 0.3) is 5.91 Å². The number of hydrogen-bond acceptors (Lipinski definition) is 3. The van der Waals surface area contributed by atoms with Crippen molar-refractivity contribution in [2.24, 2.45) is 10.9 Å². The summed E-state index contributed by atoms with van der Waals surface area (Å²) < 4.78 is 5.44. The molecule has 1 atom stereocenters. The molecule has 3 fully saturated rings. The van der Waals surface area contributed by atoms with Crippen molar-refractivity contribution in [2.75, 3.05) is 13.7 Å². The molecule has 2 heterocycles. The number of nitrogens with zero attached hydrogens (tertiary/aromatic N) is 2. The third-order valence-corrected chi connectivity index (χ3v) is 6.50. The first-order valence-electron chi connectivity index (χ1n) is 9.86. The van der Waals surface area contributed by atoms with Gasteiger partial charge in [0.1, 0.15) is 0 Å². The van der Waals surface area contributed by atoms with Gasteiger partial charge in [0.05, 0.1) is 23.8 Å². The summed E-state index contributed by atoms with van der Waals surface area (Å²) in [4.78, 5) is 19.6. The fourth-order valence-corrected chi connectivity index (χ4v) is 4.84. The van der Waals surface area contributed by atoms with E-state index in [2.05, 4.69) is 0 Å². The van der Waals surface area contributed by atoms with Crippen molar-refractivity contribution in [3.8, 4) is 0 Å². The Balaban J connectivity index is 1.49. The minimum atomic E-state index is 0.251. The summed E-state index contributed by atoms with van der Waals surface area (Å²) in [5.74, 6) is 0.886. The molecule has 4 rings (SSSR count). The normalized spacial score (nSPS) is 34.8. The highest BCUT2D eigenvalue weighted by molar-refractivity contribution is 6.14. The third-order valence-electron chi connectivity index (χ3n) is 6.50. The highest BCUT2D eigenvalue weighted by Gasteiger charge is 2.45. The number of aliphatic imine (C=N–C) groups is 1. The molecule has 132 valence electrons. The van der Waals surface area contributed by atoms with Crippen LogP contribution < -0.4 is 0 Å². The van der Waals surface area contributed by atoms with Crippen molar-refractivity contribution in [1.29, 1.82) is 0 Å². The van der Waals surface area contributed by atoms with Crippen LogP contribution in [0.2, 0.25) is 0 Å². The van der Waals surface area contributed by atoms with Crippen molar-refractivity contribution in [3.63, 3.8) is 0 Å². The van der Waals surface area contributed by atoms with E-state index in [4.69, 9.17) is 9.73 Å². The summed E-state index contributed by atoms with van der Waals surface area (Å²) in [7, 11) is 1.80. The molecule has 1 amide bonds. The molecule has 0 aromatic carbocycles. The minimum absolute atomic E-state index is 0.251. The molecule has 4 heteroatoms. The largest absolute Gasteiger partial charge is 0.381 e. The first-order chi connectivity index (χ1) is 11.8. The lowest BCUT2D eigenvalue weighted by Crippen LogP contribution is -2.28. The number of carbonyl (C=O) groups is 1. The molecule has 0 radical (unpaired) electrons. The van der Waals surface area contributed by atoms with Crippen LogP contribution >= 0.6 is 0 Å². The standard InChI is InChI=1S/C20H30N2O2/c1-24-17-9-7-15(8-10-17)21-12-19-18(14-5-3-2-4-6-14)11-16-13-22(16)20(19)23/h12,14-17H,2-11,13H2,1H3. The zero-order valence-electron chi connectivity index (χ0n) is 14.9. The Hall–Kier alpha value is -1.16. The SMILES string of the molecule is COC1CCC(N=CC2=C(C3CCCCC3)CC3CN3C2=O)CC1. The maximum atomic E-state index is 12.7. The quantitative estimate of drug-likeness (QED) is 0.585. The topological polar surface area (TPSA) is 41.7 Å². The average Bonchev–Trinajstić information content (AvgIpc) is 3.42. The zero-order valence-corrected chi connectivity index (χ0v) is 14.9. The van der Waals surface area contributed by atoms with Crippen LogP contribution in [0.25, 0.3) is 0 Å². The van der Waals surface area contributed by atoms with Crippen molar-refractivity contribution in [1.82, 2.24) is 4.90 Å². The number of ether oxygens (including phenoxy) is 1. The van der Waals surface area contributed by atoms with Gasteiger partial charge in [-0.25, -0.2) is 0 Å². The molecule has 4 nitrogen and oxygen atoms in total. The maximum Gasteiger partial charge on any atom is 0.255 e. The van der Waals surface area contributed by atoms with Crippen LogP contribution in [-0.2, 0) is 9.53 Å². The summed E-state index contributed by atoms with van der Waals surface area (Å²) in [6, 6.07) is 0.875. The maximum absolute atomic E-state index is 12.7. The van der Waals surface area contributed by atoms with Gasteiger partial charge >= 0.3 is 0 Å². The molecular formula is C20H30N2O2. The predicted octanol–water partition coefficient (Wildman–Crippen LogP) is 3.51. The fraction of sp³-hybridized carbons (Fsp3) is 0.800. The van der Waals surface area contributed by atoms with Gasteiger partial charge < -0.3 is 9.64 Å². The van der Waals surface area contributed by atoms with Gasteiger partial charge in [0.2, 0.25) is 0 Å². The highest BCUT2D eigenvalue weighted by atomic mass is 16.5. The van der Waals surface area contributed by atoms with E-state index in [1.807, 2.05) is 11.1 Å². The van der Waals surface area contributed by atoms with Crippen LogP contribution in [0.3, 0.4) is 0 Å². The Labute approximate surface area is 145 Å². The first kappa shape index (κ1) is 16.3. The molecule has 1 saturated heterocycles. The van der Waals surface area contributed by atoms with Gasteiger partial charge in [-0.2, -0.15) is 0 Å². The van der Waals surface area contributed by atoms with Crippen LogP contribution in [0.5, 0.6) is 0 Å². The van der Waals surface area contributed by atoms with Crippen molar-refractivity contribution in [2.45, 2.75) is 82.4 Å². The van der Waals surface area contributed by atoms with Crippen LogP contribution in [0.4, 0.5) is 0 Å². The third kappa shape index (κ3) is 3.30. The smallest absolute Gasteiger partial charge is 0.255 e. The number of carbonyl (C=O) groups excluding carboxylic acids is 1. The van der Waals surface area contributed by atoms with Gasteiger partial charge in [0, 0.05) is 19.9 Å². The fourth-order valence-electron chi connectivity index (χ4n) is 4.84. The molecule has 2 aliphatic carbocycles. The zero-order chi connectivity index (χ0) is 16.5. The van der Waals surface area contributed by atoms with Gasteiger partial charge in [-0.3, -0.25) is 9.79 Å². The number of amides is 1. The molecule has 2 aliphatic heterocycles. The lowest BCUT2D eigenvalue weighted by molar-refractivity contribution is -0.122. The lowest BCUT2D eigenvalue weighted by Gasteiger charge is -2.29. The molecule has 0 spiro atoms. The van der Waals surface area contributed by atoms with Crippen LogP contribution in [0.15, 0.2) is 16.1 Å². The molecule has 4 aliphatic rings. The van der Waals surface area contributed by atoms with Crippen molar-refractivity contribution in [3.05, 3.63) is 11.1 Å². The number of hydrogen-bond donors (Lipinski definition) is 0. The number of fused-ring (bicyclic) bond motifs is 1. The van der Waals surface area contributed by atoms with E-state index in [1.54, 1.807) is 7.11 Å². The molecule has 1 unspecified atom stereocenters. The van der Waals surface area contributed by atoms with Crippen LogP contribution in [0.1, 0.15) is 64.2 Å². The van der Waals surface area contributed by atoms with E-state index in [-0.39, 0.29) is 5.91 Å². The molecule has 2 saturated carbocycles. The van der Waals surface area contributed by atoms with E-state index in [0.29, 0.717) is 24.1 Å². The van der Waals surface area contributed by atoms with Gasteiger partial charge in [-0.15, -0.1) is 0 Å². The van der Waals surface area contributed by atoms with Crippen molar-refractivity contribution < 1.29 is 9.53 Å². The summed E-state index contributed by atoms with van der Waals surface area (Å²) in [6.45, 7) is 0.964. The predicted molar refractivity (Wildman–Crippen MR) is 95.3 cm³/mol. The minimum Gasteiger partial charge on any atom is -0.381 e. The summed E-state index contributed by atoms with van der Waals surface area (Å²) in [5.41, 5.74) is 2.39.